The quantitative estimate of drug-likeness (QED) is 0.235. The number of benzene rings is 3. The van der Waals surface area contributed by atoms with Gasteiger partial charge in [0.2, 0.25) is 5.91 Å². The third-order valence-electron chi connectivity index (χ3n) is 5.44. The third kappa shape index (κ3) is 6.58. The van der Waals surface area contributed by atoms with E-state index in [0.717, 1.165) is 15.8 Å². The van der Waals surface area contributed by atoms with Crippen LogP contribution < -0.4 is 15.4 Å². The van der Waals surface area contributed by atoms with Crippen molar-refractivity contribution < 1.29 is 14.3 Å². The van der Waals surface area contributed by atoms with E-state index in [0.29, 0.717) is 34.5 Å². The minimum Gasteiger partial charge on any atom is -0.494 e. The Morgan fingerprint density at radius 3 is 2.30 bits per heavy atom. The molecule has 4 aromatic rings. The Labute approximate surface area is 228 Å². The molecule has 10 heteroatoms. The van der Waals surface area contributed by atoms with Gasteiger partial charge in [-0.15, -0.1) is 10.2 Å². The van der Waals surface area contributed by atoms with Crippen LogP contribution in [0.2, 0.25) is 0 Å². The van der Waals surface area contributed by atoms with E-state index < -0.39 is 5.25 Å². The van der Waals surface area contributed by atoms with E-state index in [4.69, 9.17) is 4.74 Å². The Morgan fingerprint density at radius 1 is 0.973 bits per heavy atom. The van der Waals surface area contributed by atoms with Gasteiger partial charge in [0, 0.05) is 28.5 Å². The van der Waals surface area contributed by atoms with Gasteiger partial charge >= 0.3 is 0 Å². The van der Waals surface area contributed by atoms with Crippen LogP contribution in [0.25, 0.3) is 11.4 Å². The summed E-state index contributed by atoms with van der Waals surface area (Å²) in [6, 6.07) is 21.9. The van der Waals surface area contributed by atoms with E-state index in [9.17, 15) is 9.59 Å². The molecule has 4 rings (SSSR count). The van der Waals surface area contributed by atoms with Gasteiger partial charge in [0.1, 0.15) is 5.75 Å². The molecule has 0 aliphatic rings. The molecule has 0 unspecified atom stereocenters. The van der Waals surface area contributed by atoms with Crippen LogP contribution >= 0.6 is 27.7 Å². The maximum Gasteiger partial charge on any atom is 0.256 e. The van der Waals surface area contributed by atoms with Crippen LogP contribution in [0, 0.1) is 0 Å². The summed E-state index contributed by atoms with van der Waals surface area (Å²) in [4.78, 5) is 25.3. The van der Waals surface area contributed by atoms with E-state index in [1.54, 1.807) is 6.07 Å². The van der Waals surface area contributed by atoms with Crippen LogP contribution in [0.1, 0.15) is 24.2 Å². The maximum atomic E-state index is 12.7. The number of halogens is 1. The highest BCUT2D eigenvalue weighted by molar-refractivity contribution is 9.10. The Hall–Kier alpha value is -3.63. The number of hydrogen-bond acceptors (Lipinski definition) is 6. The first kappa shape index (κ1) is 26.4. The molecule has 0 aliphatic heterocycles. The van der Waals surface area contributed by atoms with Crippen molar-refractivity contribution in [3.05, 3.63) is 82.8 Å². The Bertz CT molecular complexity index is 1390. The number of hydrogen-bond donors (Lipinski definition) is 2. The van der Waals surface area contributed by atoms with Crippen molar-refractivity contribution in [2.75, 3.05) is 17.2 Å². The second-order valence-electron chi connectivity index (χ2n) is 8.08. The van der Waals surface area contributed by atoms with E-state index in [-0.39, 0.29) is 11.8 Å². The largest absolute Gasteiger partial charge is 0.494 e. The summed E-state index contributed by atoms with van der Waals surface area (Å²) >= 11 is 4.73. The summed E-state index contributed by atoms with van der Waals surface area (Å²) in [6.07, 6.45) is 0. The van der Waals surface area contributed by atoms with Crippen molar-refractivity contribution in [1.29, 1.82) is 0 Å². The van der Waals surface area contributed by atoms with Gasteiger partial charge in [-0.3, -0.25) is 9.59 Å². The second kappa shape index (κ2) is 12.1. The minimum atomic E-state index is -0.391. The number of anilines is 2. The lowest BCUT2D eigenvalue weighted by Crippen LogP contribution is -2.22. The molecule has 2 N–H and O–H groups in total. The summed E-state index contributed by atoms with van der Waals surface area (Å²) in [5.41, 5.74) is 2.77. The molecule has 0 spiro atoms. The average molecular weight is 581 g/mol. The molecule has 1 aromatic heterocycles. The number of amides is 2. The van der Waals surface area contributed by atoms with Crippen LogP contribution in [0.5, 0.6) is 5.75 Å². The van der Waals surface area contributed by atoms with Gasteiger partial charge in [0.05, 0.1) is 17.4 Å². The van der Waals surface area contributed by atoms with Crippen molar-refractivity contribution >= 4 is 50.9 Å². The minimum absolute atomic E-state index is 0.135. The van der Waals surface area contributed by atoms with Crippen LogP contribution in [0.3, 0.4) is 0 Å². The van der Waals surface area contributed by atoms with Gasteiger partial charge in [-0.05, 0) is 90.4 Å². The molecule has 0 aliphatic carbocycles. The zero-order chi connectivity index (χ0) is 26.4. The fraction of sp³-hybridized carbons (Fsp3) is 0.185. The molecule has 0 saturated carbocycles. The number of nitrogens with one attached hydrogen (secondary N) is 2. The molecular formula is C27H26BrN5O3S. The monoisotopic (exact) mass is 579 g/mol. The van der Waals surface area contributed by atoms with E-state index in [2.05, 4.69) is 36.8 Å². The second-order valence-corrected chi connectivity index (χ2v) is 10.2. The first-order chi connectivity index (χ1) is 17.9. The fourth-order valence-electron chi connectivity index (χ4n) is 3.47. The van der Waals surface area contributed by atoms with Gasteiger partial charge in [-0.25, -0.2) is 0 Å². The summed E-state index contributed by atoms with van der Waals surface area (Å²) in [7, 11) is 1.86. The lowest BCUT2D eigenvalue weighted by Gasteiger charge is -2.12. The SMILES string of the molecule is CCOc1ccc(NC(=O)[C@@H](C)Sc2nnc(-c3ccc(NC(=O)c4ccccc4Br)cc3)n2C)cc1. The molecule has 0 radical (unpaired) electrons. The van der Waals surface area contributed by atoms with Gasteiger partial charge in [0.25, 0.3) is 5.91 Å². The molecule has 0 bridgehead atoms. The highest BCUT2D eigenvalue weighted by Crippen LogP contribution is 2.27. The summed E-state index contributed by atoms with van der Waals surface area (Å²) in [5, 5.41) is 14.6. The summed E-state index contributed by atoms with van der Waals surface area (Å²) in [6.45, 7) is 4.34. The zero-order valence-corrected chi connectivity index (χ0v) is 23.0. The molecule has 0 saturated heterocycles. The molecular weight excluding hydrogens is 554 g/mol. The Kier molecular flexibility index (Phi) is 8.62. The number of carbonyl (C=O) groups excluding carboxylic acids is 2. The molecule has 0 fully saturated rings. The van der Waals surface area contributed by atoms with Crippen molar-refractivity contribution in [2.24, 2.45) is 7.05 Å². The number of ether oxygens (including phenoxy) is 1. The number of rotatable bonds is 9. The predicted octanol–water partition coefficient (Wildman–Crippen LogP) is 6.01. The third-order valence-corrected chi connectivity index (χ3v) is 7.26. The normalized spacial score (nSPS) is 11.6. The molecule has 190 valence electrons. The van der Waals surface area contributed by atoms with Crippen molar-refractivity contribution in [3.63, 3.8) is 0 Å². The molecule has 1 atom stereocenters. The molecule has 8 nitrogen and oxygen atoms in total. The Balaban J connectivity index is 1.38. The lowest BCUT2D eigenvalue weighted by molar-refractivity contribution is -0.115. The van der Waals surface area contributed by atoms with E-state index >= 15 is 0 Å². The van der Waals surface area contributed by atoms with Crippen LogP contribution in [0.4, 0.5) is 11.4 Å². The summed E-state index contributed by atoms with van der Waals surface area (Å²) < 4.78 is 8.01. The van der Waals surface area contributed by atoms with Crippen LogP contribution in [-0.4, -0.2) is 38.4 Å². The highest BCUT2D eigenvalue weighted by Gasteiger charge is 2.20. The Morgan fingerprint density at radius 2 is 1.62 bits per heavy atom. The molecule has 2 amide bonds. The first-order valence-electron chi connectivity index (χ1n) is 11.6. The molecule has 1 heterocycles. The number of carbonyl (C=O) groups is 2. The van der Waals surface area contributed by atoms with Gasteiger partial charge in [0.15, 0.2) is 11.0 Å². The van der Waals surface area contributed by atoms with Crippen molar-refractivity contribution in [2.45, 2.75) is 24.3 Å². The van der Waals surface area contributed by atoms with Gasteiger partial charge in [-0.1, -0.05) is 23.9 Å². The maximum absolute atomic E-state index is 12.7. The number of aromatic nitrogens is 3. The highest BCUT2D eigenvalue weighted by atomic mass is 79.9. The standard InChI is InChI=1S/C27H26BrN5O3S/c1-4-36-21-15-13-20(14-16-21)29-25(34)17(2)37-27-32-31-24(33(27)3)18-9-11-19(12-10-18)30-26(35)22-7-5-6-8-23(22)28/h5-17H,4H2,1-3H3,(H,29,34)(H,30,35)/t17-/m1/s1. The van der Waals surface area contributed by atoms with Crippen molar-refractivity contribution in [3.8, 4) is 17.1 Å². The predicted molar refractivity (Wildman–Crippen MR) is 150 cm³/mol. The van der Waals surface area contributed by atoms with Gasteiger partial charge in [-0.2, -0.15) is 0 Å². The summed E-state index contributed by atoms with van der Waals surface area (Å²) in [5.74, 6) is 1.08. The molecule has 37 heavy (non-hydrogen) atoms. The fourth-order valence-corrected chi connectivity index (χ4v) is 4.75. The topological polar surface area (TPSA) is 98.1 Å². The van der Waals surface area contributed by atoms with E-state index in [1.165, 1.54) is 11.8 Å². The first-order valence-corrected chi connectivity index (χ1v) is 13.3. The zero-order valence-electron chi connectivity index (χ0n) is 20.6. The number of nitrogens with zero attached hydrogens (tertiary/aromatic N) is 3. The van der Waals surface area contributed by atoms with Crippen LogP contribution in [0.15, 0.2) is 82.4 Å². The van der Waals surface area contributed by atoms with E-state index in [1.807, 2.05) is 92.2 Å². The smallest absolute Gasteiger partial charge is 0.256 e. The van der Waals surface area contributed by atoms with Crippen LogP contribution in [-0.2, 0) is 11.8 Å². The van der Waals surface area contributed by atoms with Gasteiger partial charge < -0.3 is 19.9 Å². The van der Waals surface area contributed by atoms with Crippen molar-refractivity contribution in [1.82, 2.24) is 14.8 Å². The molecule has 3 aromatic carbocycles. The number of thioether (sulfide) groups is 1. The lowest BCUT2D eigenvalue weighted by atomic mass is 10.1. The average Bonchev–Trinajstić information content (AvgIpc) is 3.25.